The van der Waals surface area contributed by atoms with Crippen LogP contribution in [0.15, 0.2) is 56.5 Å². The molecule has 2 N–H and O–H groups in total. The molecule has 0 saturated carbocycles. The zero-order chi connectivity index (χ0) is 42.0. The largest absolute Gasteiger partial charge is 0.460 e. The Morgan fingerprint density at radius 1 is 0.772 bits per heavy atom. The van der Waals surface area contributed by atoms with Crippen LogP contribution in [0.2, 0.25) is 0 Å². The fraction of sp³-hybridized carbons (Fsp3) is 0.600. The maximum absolute atomic E-state index is 14.0. The molecule has 0 spiro atoms. The van der Waals surface area contributed by atoms with E-state index in [0.29, 0.717) is 37.3 Å². The van der Waals surface area contributed by atoms with Gasteiger partial charge in [0.2, 0.25) is 20.0 Å². The Labute approximate surface area is 336 Å². The smallest absolute Gasteiger partial charge is 0.408 e. The van der Waals surface area contributed by atoms with Gasteiger partial charge < -0.3 is 24.8 Å². The SMILES string of the molecule is CC(C)C(NC(=O)OC(C)(C)C)C(=O)OCCON=C1c2ccc(S(=O)(=O)N3C[C@H](C)C[C@H](C)C3)cc2C(=NO)c2cc(S(=O)(=O)N3C[C@H](C)C[C@H](C)C3)ccc21. The number of amides is 1. The predicted molar refractivity (Wildman–Crippen MR) is 214 cm³/mol. The number of benzene rings is 2. The predicted octanol–water partition coefficient (Wildman–Crippen LogP) is 5.42. The lowest BCUT2D eigenvalue weighted by molar-refractivity contribution is -0.148. The Morgan fingerprint density at radius 3 is 1.63 bits per heavy atom. The molecule has 314 valence electrons. The van der Waals surface area contributed by atoms with Crippen molar-refractivity contribution < 1.29 is 45.9 Å². The topological polar surface area (TPSA) is 194 Å². The monoisotopic (exact) mass is 831 g/mol. The molecule has 2 aromatic rings. The number of fused-ring (bicyclic) bond motifs is 2. The summed E-state index contributed by atoms with van der Waals surface area (Å²) >= 11 is 0. The van der Waals surface area contributed by atoms with E-state index in [1.165, 1.54) is 32.9 Å². The first-order valence-electron chi connectivity index (χ1n) is 19.5. The number of oxime groups is 2. The summed E-state index contributed by atoms with van der Waals surface area (Å²) in [4.78, 5) is 30.9. The average molecular weight is 832 g/mol. The second-order valence-electron chi connectivity index (χ2n) is 17.2. The van der Waals surface area contributed by atoms with Crippen molar-refractivity contribution in [3.8, 4) is 0 Å². The number of esters is 1. The van der Waals surface area contributed by atoms with Crippen LogP contribution >= 0.6 is 0 Å². The van der Waals surface area contributed by atoms with E-state index in [0.717, 1.165) is 12.8 Å². The fourth-order valence-corrected chi connectivity index (χ4v) is 11.3. The molecule has 1 amide bonds. The van der Waals surface area contributed by atoms with Gasteiger partial charge in [0, 0.05) is 48.4 Å². The van der Waals surface area contributed by atoms with Gasteiger partial charge in [-0.05, 0) is 87.5 Å². The lowest BCUT2D eigenvalue weighted by Crippen LogP contribution is -2.47. The molecule has 17 heteroatoms. The Morgan fingerprint density at radius 2 is 1.23 bits per heavy atom. The van der Waals surface area contributed by atoms with Crippen LogP contribution in [0.25, 0.3) is 0 Å². The van der Waals surface area contributed by atoms with E-state index in [4.69, 9.17) is 14.3 Å². The zero-order valence-electron chi connectivity index (χ0n) is 34.3. The number of nitrogens with one attached hydrogen (secondary N) is 1. The van der Waals surface area contributed by atoms with E-state index in [2.05, 4.69) is 15.6 Å². The number of carbonyl (C=O) groups excluding carboxylic acids is 2. The van der Waals surface area contributed by atoms with Crippen LogP contribution in [0.1, 0.15) is 97.4 Å². The molecule has 0 radical (unpaired) electrons. The number of sulfonamides is 2. The molecule has 57 heavy (non-hydrogen) atoms. The van der Waals surface area contributed by atoms with E-state index in [-0.39, 0.29) is 75.1 Å². The summed E-state index contributed by atoms with van der Waals surface area (Å²) in [5, 5.41) is 21.0. The first-order chi connectivity index (χ1) is 26.6. The van der Waals surface area contributed by atoms with Gasteiger partial charge in [-0.3, -0.25) is 0 Å². The molecule has 5 atom stereocenters. The molecule has 3 aliphatic rings. The van der Waals surface area contributed by atoms with Crippen molar-refractivity contribution in [1.29, 1.82) is 0 Å². The highest BCUT2D eigenvalue weighted by Crippen LogP contribution is 2.35. The third kappa shape index (κ3) is 10.2. The molecular formula is C40H57N5O10S2. The molecule has 1 unspecified atom stereocenters. The minimum absolute atomic E-state index is 0.0147. The second kappa shape index (κ2) is 17.4. The van der Waals surface area contributed by atoms with Gasteiger partial charge in [-0.2, -0.15) is 8.61 Å². The Bertz CT molecular complexity index is 1980. The number of alkyl carbamates (subject to hydrolysis) is 1. The summed E-state index contributed by atoms with van der Waals surface area (Å²) < 4.78 is 69.7. The molecule has 2 fully saturated rings. The number of nitrogens with zero attached hydrogens (tertiary/aromatic N) is 4. The van der Waals surface area contributed by atoms with E-state index >= 15 is 0 Å². The molecule has 1 aliphatic carbocycles. The van der Waals surface area contributed by atoms with Crippen molar-refractivity contribution in [2.45, 2.75) is 96.6 Å². The van der Waals surface area contributed by atoms with Crippen molar-refractivity contribution in [2.24, 2.45) is 39.9 Å². The van der Waals surface area contributed by atoms with E-state index in [1.807, 2.05) is 27.7 Å². The van der Waals surface area contributed by atoms with Gasteiger partial charge in [0.25, 0.3) is 0 Å². The van der Waals surface area contributed by atoms with Gasteiger partial charge in [0.1, 0.15) is 29.7 Å². The minimum Gasteiger partial charge on any atom is -0.460 e. The van der Waals surface area contributed by atoms with Crippen LogP contribution in [0.5, 0.6) is 0 Å². The van der Waals surface area contributed by atoms with Gasteiger partial charge >= 0.3 is 12.1 Å². The van der Waals surface area contributed by atoms with E-state index in [1.54, 1.807) is 46.8 Å². The number of hydrogen-bond acceptors (Lipinski definition) is 12. The highest BCUT2D eigenvalue weighted by molar-refractivity contribution is 7.89. The molecule has 15 nitrogen and oxygen atoms in total. The molecule has 5 rings (SSSR count). The maximum Gasteiger partial charge on any atom is 0.408 e. The third-order valence-electron chi connectivity index (χ3n) is 10.2. The standard InChI is InChI=1S/C40H57N5O10S2/c1-24(2)35(41-39(47)55-40(7,8)9)38(46)53-14-15-54-43-37-31-12-10-29(56(49,50)44-20-25(3)16-26(4)21-44)18-33(31)36(42-48)34-19-30(11-13-32(34)37)57(51,52)45-22-27(5)17-28(6)23-45/h10-13,18-19,24-28,35,48H,14-17,20-23H2,1-9H3,(H,41,47)/t25-,26+,27-,28+,35?. The maximum atomic E-state index is 14.0. The molecule has 0 aromatic heterocycles. The lowest BCUT2D eigenvalue weighted by Gasteiger charge is -2.34. The van der Waals surface area contributed by atoms with Crippen molar-refractivity contribution in [2.75, 3.05) is 39.4 Å². The van der Waals surface area contributed by atoms with Crippen molar-refractivity contribution >= 4 is 43.5 Å². The summed E-state index contributed by atoms with van der Waals surface area (Å²) in [7, 11) is -7.93. The zero-order valence-corrected chi connectivity index (χ0v) is 35.9. The Kier molecular flexibility index (Phi) is 13.5. The summed E-state index contributed by atoms with van der Waals surface area (Å²) in [5.74, 6) is -0.331. The quantitative estimate of drug-likeness (QED) is 0.109. The van der Waals surface area contributed by atoms with Crippen molar-refractivity contribution in [1.82, 2.24) is 13.9 Å². The highest BCUT2D eigenvalue weighted by Gasteiger charge is 2.37. The van der Waals surface area contributed by atoms with Crippen molar-refractivity contribution in [3.05, 3.63) is 58.7 Å². The number of rotatable bonds is 11. The number of carbonyl (C=O) groups is 2. The van der Waals surface area contributed by atoms with Gasteiger partial charge in [0.15, 0.2) is 6.61 Å². The first kappa shape index (κ1) is 44.1. The Balaban J connectivity index is 1.47. The normalized spacial score (nSPS) is 22.6. The van der Waals surface area contributed by atoms with Crippen LogP contribution in [0, 0.1) is 29.6 Å². The van der Waals surface area contributed by atoms with Crippen LogP contribution in [-0.4, -0.2) is 105 Å². The number of piperidine rings is 2. The number of hydrogen-bond donors (Lipinski definition) is 2. The molecule has 2 saturated heterocycles. The summed E-state index contributed by atoms with van der Waals surface area (Å²) in [6.45, 7) is 17.7. The lowest BCUT2D eigenvalue weighted by atomic mass is 9.83. The van der Waals surface area contributed by atoms with Gasteiger partial charge in [-0.1, -0.05) is 64.0 Å². The van der Waals surface area contributed by atoms with Crippen molar-refractivity contribution in [3.63, 3.8) is 0 Å². The van der Waals surface area contributed by atoms with Gasteiger partial charge in [-0.25, -0.2) is 26.4 Å². The van der Waals surface area contributed by atoms with Crippen LogP contribution in [0.3, 0.4) is 0 Å². The van der Waals surface area contributed by atoms with Crippen LogP contribution in [0.4, 0.5) is 4.79 Å². The van der Waals surface area contributed by atoms with Crippen LogP contribution < -0.4 is 5.32 Å². The summed E-state index contributed by atoms with van der Waals surface area (Å²) in [6.07, 6.45) is 1.07. The first-order valence-corrected chi connectivity index (χ1v) is 22.4. The Hall–Kier alpha value is -4.06. The number of ether oxygens (including phenoxy) is 2. The summed E-state index contributed by atoms with van der Waals surface area (Å²) in [5.41, 5.74) is 0.605. The molecule has 2 heterocycles. The molecular weight excluding hydrogens is 775 g/mol. The molecule has 0 bridgehead atoms. The van der Waals surface area contributed by atoms with Gasteiger partial charge in [-0.15, -0.1) is 0 Å². The van der Waals surface area contributed by atoms with Gasteiger partial charge in [0.05, 0.1) is 9.79 Å². The minimum atomic E-state index is -3.97. The fourth-order valence-electron chi connectivity index (χ4n) is 7.88. The second-order valence-corrected chi connectivity index (χ2v) is 21.1. The van der Waals surface area contributed by atoms with E-state index < -0.39 is 43.8 Å². The van der Waals surface area contributed by atoms with Crippen LogP contribution in [-0.2, 0) is 39.2 Å². The van der Waals surface area contributed by atoms with E-state index in [9.17, 15) is 31.6 Å². The molecule has 2 aromatic carbocycles. The summed E-state index contributed by atoms with van der Waals surface area (Å²) in [6, 6.07) is 7.92. The highest BCUT2D eigenvalue weighted by atomic mass is 32.2. The average Bonchev–Trinajstić information content (AvgIpc) is 3.11. The third-order valence-corrected chi connectivity index (χ3v) is 13.9. The molecule has 2 aliphatic heterocycles.